The molecule has 7 nitrogen and oxygen atoms in total. The van der Waals surface area contributed by atoms with E-state index in [-0.39, 0.29) is 18.7 Å². The third kappa shape index (κ3) is 5.02. The monoisotopic (exact) mass is 481 g/mol. The number of anilines is 2. The number of carbonyl (C=O) groups excluding carboxylic acids is 3. The van der Waals surface area contributed by atoms with E-state index in [1.807, 2.05) is 0 Å². The van der Waals surface area contributed by atoms with Gasteiger partial charge in [-0.2, -0.15) is 0 Å². The Morgan fingerprint density at radius 3 is 2.44 bits per heavy atom. The fourth-order valence-corrected chi connectivity index (χ4v) is 3.86. The predicted octanol–water partition coefficient (Wildman–Crippen LogP) is 4.85. The zero-order valence-electron chi connectivity index (χ0n) is 18.2. The Morgan fingerprint density at radius 2 is 1.76 bits per heavy atom. The van der Waals surface area contributed by atoms with Crippen LogP contribution >= 0.6 is 11.6 Å². The SMILES string of the molecule is COc1cccc(CN2C(=O)N(c3ccc(F)cc3)C(=O)[C@H]2CC(=O)Nc2ccc(Cl)cc2)c1. The summed E-state index contributed by atoms with van der Waals surface area (Å²) in [6, 6.07) is 17.0. The third-order valence-corrected chi connectivity index (χ3v) is 5.65. The van der Waals surface area contributed by atoms with E-state index < -0.39 is 29.7 Å². The van der Waals surface area contributed by atoms with Crippen LogP contribution in [-0.4, -0.2) is 35.9 Å². The minimum absolute atomic E-state index is 0.0817. The van der Waals surface area contributed by atoms with Gasteiger partial charge in [0.2, 0.25) is 5.91 Å². The van der Waals surface area contributed by atoms with Gasteiger partial charge in [0, 0.05) is 17.3 Å². The molecule has 0 unspecified atom stereocenters. The lowest BCUT2D eigenvalue weighted by Gasteiger charge is -2.22. The highest BCUT2D eigenvalue weighted by Crippen LogP contribution is 2.29. The first-order valence-electron chi connectivity index (χ1n) is 10.4. The molecule has 1 atom stereocenters. The Morgan fingerprint density at radius 1 is 1.06 bits per heavy atom. The number of rotatable bonds is 7. The van der Waals surface area contributed by atoms with E-state index in [1.165, 1.54) is 36.3 Å². The number of urea groups is 1. The molecule has 1 fully saturated rings. The Labute approximate surface area is 200 Å². The second-order valence-electron chi connectivity index (χ2n) is 7.69. The molecule has 1 aliphatic heterocycles. The molecule has 0 aromatic heterocycles. The van der Waals surface area contributed by atoms with Gasteiger partial charge in [-0.3, -0.25) is 9.59 Å². The second kappa shape index (κ2) is 9.93. The fraction of sp³-hybridized carbons (Fsp3) is 0.160. The molecule has 34 heavy (non-hydrogen) atoms. The Bertz CT molecular complexity index is 1220. The summed E-state index contributed by atoms with van der Waals surface area (Å²) in [6.07, 6.45) is -0.255. The molecule has 1 heterocycles. The van der Waals surface area contributed by atoms with Gasteiger partial charge in [0.05, 0.1) is 19.2 Å². The maximum atomic E-state index is 13.4. The number of nitrogens with zero attached hydrogens (tertiary/aromatic N) is 2. The van der Waals surface area contributed by atoms with Crippen molar-refractivity contribution in [2.75, 3.05) is 17.3 Å². The van der Waals surface area contributed by atoms with E-state index in [2.05, 4.69) is 5.32 Å². The largest absolute Gasteiger partial charge is 0.497 e. The number of ether oxygens (including phenoxy) is 1. The van der Waals surface area contributed by atoms with Gasteiger partial charge in [0.25, 0.3) is 5.91 Å². The van der Waals surface area contributed by atoms with E-state index in [0.29, 0.717) is 16.5 Å². The number of nitrogens with one attached hydrogen (secondary N) is 1. The minimum atomic E-state index is -1.05. The number of benzene rings is 3. The summed E-state index contributed by atoms with van der Waals surface area (Å²) in [6.45, 7) is 0.0817. The lowest BCUT2D eigenvalue weighted by atomic mass is 10.1. The van der Waals surface area contributed by atoms with Crippen LogP contribution in [0.5, 0.6) is 5.75 Å². The summed E-state index contributed by atoms with van der Waals surface area (Å²) in [5.41, 5.74) is 1.47. The van der Waals surface area contributed by atoms with E-state index in [9.17, 15) is 18.8 Å². The molecule has 9 heteroatoms. The second-order valence-corrected chi connectivity index (χ2v) is 8.12. The molecule has 1 aliphatic rings. The van der Waals surface area contributed by atoms with Gasteiger partial charge >= 0.3 is 6.03 Å². The van der Waals surface area contributed by atoms with Gasteiger partial charge in [-0.05, 0) is 66.2 Å². The first-order valence-corrected chi connectivity index (χ1v) is 10.8. The summed E-state index contributed by atoms with van der Waals surface area (Å²) in [5, 5.41) is 3.24. The van der Waals surface area contributed by atoms with Crippen LogP contribution in [0, 0.1) is 5.82 Å². The van der Waals surface area contributed by atoms with Gasteiger partial charge in [0.1, 0.15) is 17.6 Å². The highest BCUT2D eigenvalue weighted by Gasteiger charge is 2.46. The first-order chi connectivity index (χ1) is 16.4. The van der Waals surface area contributed by atoms with E-state index in [0.717, 1.165) is 10.5 Å². The first kappa shape index (κ1) is 23.3. The molecule has 0 bridgehead atoms. The summed E-state index contributed by atoms with van der Waals surface area (Å²) in [5.74, 6) is -0.895. The van der Waals surface area contributed by atoms with Crippen molar-refractivity contribution in [1.29, 1.82) is 0 Å². The van der Waals surface area contributed by atoms with Gasteiger partial charge in [-0.1, -0.05) is 23.7 Å². The molecule has 0 saturated carbocycles. The molecule has 0 aliphatic carbocycles. The van der Waals surface area contributed by atoms with Crippen molar-refractivity contribution < 1.29 is 23.5 Å². The molecular weight excluding hydrogens is 461 g/mol. The molecule has 4 amide bonds. The maximum absolute atomic E-state index is 13.4. The molecule has 0 radical (unpaired) electrons. The Hall–Kier alpha value is -3.91. The van der Waals surface area contributed by atoms with E-state index in [4.69, 9.17) is 16.3 Å². The molecular formula is C25H21ClFN3O4. The molecule has 4 rings (SSSR count). The van der Waals surface area contributed by atoms with Crippen LogP contribution in [-0.2, 0) is 16.1 Å². The van der Waals surface area contributed by atoms with E-state index >= 15 is 0 Å². The van der Waals surface area contributed by atoms with Gasteiger partial charge < -0.3 is 15.0 Å². The van der Waals surface area contributed by atoms with Crippen LogP contribution in [0.3, 0.4) is 0 Å². The summed E-state index contributed by atoms with van der Waals surface area (Å²) < 4.78 is 18.7. The average Bonchev–Trinajstić information content (AvgIpc) is 3.05. The zero-order valence-corrected chi connectivity index (χ0v) is 19.0. The van der Waals surface area contributed by atoms with Crippen LogP contribution in [0.4, 0.5) is 20.6 Å². The van der Waals surface area contributed by atoms with Crippen molar-refractivity contribution in [1.82, 2.24) is 4.90 Å². The zero-order chi connectivity index (χ0) is 24.2. The van der Waals surface area contributed by atoms with Crippen molar-refractivity contribution in [3.63, 3.8) is 0 Å². The number of halogens is 2. The van der Waals surface area contributed by atoms with Crippen LogP contribution in [0.2, 0.25) is 5.02 Å². The smallest absolute Gasteiger partial charge is 0.332 e. The van der Waals surface area contributed by atoms with Gasteiger partial charge in [-0.25, -0.2) is 14.1 Å². The van der Waals surface area contributed by atoms with Gasteiger partial charge in [0.15, 0.2) is 0 Å². The third-order valence-electron chi connectivity index (χ3n) is 5.40. The quantitative estimate of drug-likeness (QED) is 0.489. The summed E-state index contributed by atoms with van der Waals surface area (Å²) in [4.78, 5) is 41.7. The Balaban J connectivity index is 1.61. The number of hydrogen-bond acceptors (Lipinski definition) is 4. The Kier molecular flexibility index (Phi) is 6.79. The molecule has 0 spiro atoms. The van der Waals surface area contributed by atoms with Crippen molar-refractivity contribution in [2.45, 2.75) is 19.0 Å². The fourth-order valence-electron chi connectivity index (χ4n) is 3.73. The van der Waals surface area contributed by atoms with Crippen molar-refractivity contribution in [3.8, 4) is 5.75 Å². The van der Waals surface area contributed by atoms with Crippen molar-refractivity contribution in [3.05, 3.63) is 89.2 Å². The van der Waals surface area contributed by atoms with Gasteiger partial charge in [-0.15, -0.1) is 0 Å². The van der Waals surface area contributed by atoms with Crippen LogP contribution in [0.1, 0.15) is 12.0 Å². The highest BCUT2D eigenvalue weighted by molar-refractivity contribution is 6.30. The normalized spacial score (nSPS) is 15.6. The topological polar surface area (TPSA) is 79.0 Å². The summed E-state index contributed by atoms with van der Waals surface area (Å²) >= 11 is 5.88. The number of carbonyl (C=O) groups is 3. The molecule has 3 aromatic carbocycles. The standard InChI is InChI=1S/C25H21ClFN3O4/c1-34-21-4-2-3-16(13-21)15-29-22(14-23(31)28-19-9-5-17(26)6-10-19)24(32)30(25(29)33)20-11-7-18(27)8-12-20/h2-13,22H,14-15H2,1H3,(H,28,31)/t22-/m1/s1. The van der Waals surface area contributed by atoms with Crippen LogP contribution < -0.4 is 15.0 Å². The summed E-state index contributed by atoms with van der Waals surface area (Å²) in [7, 11) is 1.53. The van der Waals surface area contributed by atoms with Crippen molar-refractivity contribution in [2.24, 2.45) is 0 Å². The number of amides is 4. The molecule has 1 saturated heterocycles. The highest BCUT2D eigenvalue weighted by atomic mass is 35.5. The number of imide groups is 1. The van der Waals surface area contributed by atoms with Crippen molar-refractivity contribution >= 4 is 40.8 Å². The van der Waals surface area contributed by atoms with E-state index in [1.54, 1.807) is 48.5 Å². The maximum Gasteiger partial charge on any atom is 0.332 e. The number of methoxy groups -OCH3 is 1. The lowest BCUT2D eigenvalue weighted by Crippen LogP contribution is -2.37. The molecule has 3 aromatic rings. The lowest BCUT2D eigenvalue weighted by molar-refractivity contribution is -0.124. The van der Waals surface area contributed by atoms with Crippen LogP contribution in [0.25, 0.3) is 0 Å². The molecule has 174 valence electrons. The average molecular weight is 482 g/mol. The molecule has 1 N–H and O–H groups in total. The minimum Gasteiger partial charge on any atom is -0.497 e. The number of hydrogen-bond donors (Lipinski definition) is 1. The predicted molar refractivity (Wildman–Crippen MR) is 126 cm³/mol. The van der Waals surface area contributed by atoms with Crippen LogP contribution in [0.15, 0.2) is 72.8 Å².